The van der Waals surface area contributed by atoms with Crippen LogP contribution in [-0.4, -0.2) is 26.6 Å². The molecule has 1 aromatic heterocycles. The number of nitro benzene ring substituents is 1. The Kier molecular flexibility index (Phi) is 5.41. The second-order valence-electron chi connectivity index (χ2n) is 6.77. The minimum atomic E-state index is -1.11. The second kappa shape index (κ2) is 7.82. The molecule has 1 aliphatic rings. The average Bonchev–Trinajstić information content (AvgIpc) is 2.73. The van der Waals surface area contributed by atoms with Crippen LogP contribution in [0.15, 0.2) is 57.8 Å². The van der Waals surface area contributed by atoms with Gasteiger partial charge in [-0.05, 0) is 6.92 Å². The third-order valence-electron chi connectivity index (χ3n) is 4.98. The van der Waals surface area contributed by atoms with Crippen molar-refractivity contribution in [2.45, 2.75) is 12.8 Å². The number of hydrogen-bond donors (Lipinski definition) is 1. The number of esters is 1. The Labute approximate surface area is 170 Å². The number of nitro groups is 1. The standard InChI is InChI=1S/C20H20N4O6/c1-5-10-30-19(26)14-11(2)21-17-16(18(25)23(4)20(27)22(17)3)15(14)12-8-6-7-9-13(12)24(28)29/h5-9,15,21H,1,10H2,2-4H3. The number of nitrogens with zero attached hydrogens (tertiary/aromatic N) is 3. The fourth-order valence-corrected chi connectivity index (χ4v) is 3.58. The Morgan fingerprint density at radius 1 is 1.30 bits per heavy atom. The van der Waals surface area contributed by atoms with Gasteiger partial charge in [0.2, 0.25) is 0 Å². The number of aromatic nitrogens is 2. The number of ether oxygens (including phenoxy) is 1. The van der Waals surface area contributed by atoms with E-state index in [0.29, 0.717) is 5.70 Å². The number of para-hydroxylation sites is 1. The first-order valence-electron chi connectivity index (χ1n) is 8.99. The van der Waals surface area contributed by atoms with Gasteiger partial charge in [-0.15, -0.1) is 0 Å². The number of allylic oxidation sites excluding steroid dienone is 1. The first kappa shape index (κ1) is 20.8. The van der Waals surface area contributed by atoms with E-state index in [0.717, 1.165) is 4.57 Å². The molecule has 10 heteroatoms. The quantitative estimate of drug-likeness (QED) is 0.342. The van der Waals surface area contributed by atoms with E-state index in [1.807, 2.05) is 0 Å². The van der Waals surface area contributed by atoms with E-state index in [9.17, 15) is 24.5 Å². The van der Waals surface area contributed by atoms with Gasteiger partial charge in [-0.1, -0.05) is 30.9 Å². The molecular weight excluding hydrogens is 392 g/mol. The number of carbonyl (C=O) groups is 1. The Balaban J connectivity index is 2.42. The topological polar surface area (TPSA) is 125 Å². The normalized spacial score (nSPS) is 15.2. The average molecular weight is 412 g/mol. The fraction of sp³-hybridized carbons (Fsp3) is 0.250. The molecule has 0 aliphatic carbocycles. The molecule has 0 amide bonds. The molecule has 2 heterocycles. The van der Waals surface area contributed by atoms with Gasteiger partial charge in [0.15, 0.2) is 0 Å². The van der Waals surface area contributed by atoms with Crippen molar-refractivity contribution in [2.75, 3.05) is 11.9 Å². The molecule has 1 N–H and O–H groups in total. The molecule has 2 aromatic rings. The zero-order valence-electron chi connectivity index (χ0n) is 16.7. The van der Waals surface area contributed by atoms with Gasteiger partial charge in [-0.3, -0.25) is 24.0 Å². The highest BCUT2D eigenvalue weighted by molar-refractivity contribution is 5.94. The molecule has 3 rings (SSSR count). The van der Waals surface area contributed by atoms with E-state index in [1.54, 1.807) is 13.0 Å². The van der Waals surface area contributed by atoms with E-state index in [1.165, 1.54) is 42.9 Å². The maximum Gasteiger partial charge on any atom is 0.337 e. The summed E-state index contributed by atoms with van der Waals surface area (Å²) in [5.74, 6) is -1.68. The van der Waals surface area contributed by atoms with Crippen LogP contribution in [0.3, 0.4) is 0 Å². The van der Waals surface area contributed by atoms with Gasteiger partial charge in [0.25, 0.3) is 11.2 Å². The molecule has 0 saturated carbocycles. The second-order valence-corrected chi connectivity index (χ2v) is 6.77. The first-order valence-corrected chi connectivity index (χ1v) is 8.99. The minimum absolute atomic E-state index is 0.0463. The van der Waals surface area contributed by atoms with Gasteiger partial charge in [-0.25, -0.2) is 9.59 Å². The van der Waals surface area contributed by atoms with Crippen molar-refractivity contribution in [1.82, 2.24) is 9.13 Å². The van der Waals surface area contributed by atoms with Crippen molar-refractivity contribution < 1.29 is 14.5 Å². The highest BCUT2D eigenvalue weighted by Gasteiger charge is 2.40. The minimum Gasteiger partial charge on any atom is -0.458 e. The molecule has 1 aromatic carbocycles. The van der Waals surface area contributed by atoms with Gasteiger partial charge in [0.1, 0.15) is 12.4 Å². The third-order valence-corrected chi connectivity index (χ3v) is 4.98. The van der Waals surface area contributed by atoms with Crippen LogP contribution in [0.2, 0.25) is 0 Å². The summed E-state index contributed by atoms with van der Waals surface area (Å²) < 4.78 is 7.32. The molecule has 0 bridgehead atoms. The number of nitrogens with one attached hydrogen (secondary N) is 1. The molecule has 1 atom stereocenters. The van der Waals surface area contributed by atoms with Crippen LogP contribution in [0.1, 0.15) is 24.0 Å². The van der Waals surface area contributed by atoms with Crippen molar-refractivity contribution in [1.29, 1.82) is 0 Å². The number of rotatable bonds is 5. The van der Waals surface area contributed by atoms with Gasteiger partial charge >= 0.3 is 11.7 Å². The molecule has 156 valence electrons. The number of benzene rings is 1. The Morgan fingerprint density at radius 3 is 2.60 bits per heavy atom. The van der Waals surface area contributed by atoms with E-state index in [4.69, 9.17) is 4.74 Å². The third kappa shape index (κ3) is 3.21. The number of hydrogen-bond acceptors (Lipinski definition) is 7. The summed E-state index contributed by atoms with van der Waals surface area (Å²) in [4.78, 5) is 49.5. The van der Waals surface area contributed by atoms with Gasteiger partial charge in [0.05, 0.1) is 22.0 Å². The highest BCUT2D eigenvalue weighted by atomic mass is 16.6. The smallest absolute Gasteiger partial charge is 0.337 e. The van der Waals surface area contributed by atoms with Gasteiger partial charge in [0, 0.05) is 31.4 Å². The summed E-state index contributed by atoms with van der Waals surface area (Å²) >= 11 is 0. The van der Waals surface area contributed by atoms with Crippen LogP contribution in [0, 0.1) is 10.1 Å². The molecule has 0 radical (unpaired) electrons. The van der Waals surface area contributed by atoms with Crippen molar-refractivity contribution in [3.05, 3.63) is 90.3 Å². The zero-order valence-corrected chi connectivity index (χ0v) is 16.7. The molecule has 0 saturated heterocycles. The molecule has 1 unspecified atom stereocenters. The van der Waals surface area contributed by atoms with Crippen LogP contribution in [0.4, 0.5) is 11.5 Å². The van der Waals surface area contributed by atoms with Gasteiger partial charge < -0.3 is 10.1 Å². The highest BCUT2D eigenvalue weighted by Crippen LogP contribution is 2.42. The predicted octanol–water partition coefficient (Wildman–Crippen LogP) is 1.55. The lowest BCUT2D eigenvalue weighted by Gasteiger charge is -2.30. The first-order chi connectivity index (χ1) is 14.2. The molecule has 0 spiro atoms. The zero-order chi connectivity index (χ0) is 22.2. The van der Waals surface area contributed by atoms with E-state index < -0.39 is 28.1 Å². The Hall–Kier alpha value is -3.95. The maximum absolute atomic E-state index is 13.1. The van der Waals surface area contributed by atoms with Crippen LogP contribution in [-0.2, 0) is 23.6 Å². The van der Waals surface area contributed by atoms with E-state index in [2.05, 4.69) is 11.9 Å². The van der Waals surface area contributed by atoms with Crippen LogP contribution in [0.5, 0.6) is 0 Å². The van der Waals surface area contributed by atoms with Crippen molar-refractivity contribution in [2.24, 2.45) is 14.1 Å². The molecule has 1 aliphatic heterocycles. The summed E-state index contributed by atoms with van der Waals surface area (Å²) in [5, 5.41) is 14.6. The van der Waals surface area contributed by atoms with Crippen molar-refractivity contribution >= 4 is 17.5 Å². The monoisotopic (exact) mass is 412 g/mol. The van der Waals surface area contributed by atoms with E-state index >= 15 is 0 Å². The SMILES string of the molecule is C=CCOC(=O)C1=C(C)Nc2c(c(=O)n(C)c(=O)n2C)C1c1ccccc1[N+](=O)[O-]. The molecule has 30 heavy (non-hydrogen) atoms. The number of anilines is 1. The van der Waals surface area contributed by atoms with Crippen LogP contribution < -0.4 is 16.6 Å². The van der Waals surface area contributed by atoms with Crippen molar-refractivity contribution in [3.8, 4) is 0 Å². The lowest BCUT2D eigenvalue weighted by atomic mass is 9.81. The lowest BCUT2D eigenvalue weighted by molar-refractivity contribution is -0.385. The van der Waals surface area contributed by atoms with E-state index in [-0.39, 0.29) is 34.8 Å². The van der Waals surface area contributed by atoms with Gasteiger partial charge in [-0.2, -0.15) is 0 Å². The van der Waals surface area contributed by atoms with Crippen molar-refractivity contribution in [3.63, 3.8) is 0 Å². The molecule has 10 nitrogen and oxygen atoms in total. The Morgan fingerprint density at radius 2 is 1.97 bits per heavy atom. The lowest BCUT2D eigenvalue weighted by Crippen LogP contribution is -2.43. The number of carbonyl (C=O) groups excluding carboxylic acids is 1. The number of fused-ring (bicyclic) bond motifs is 1. The predicted molar refractivity (Wildman–Crippen MR) is 109 cm³/mol. The summed E-state index contributed by atoms with van der Waals surface area (Å²) in [6.07, 6.45) is 1.39. The molecule has 0 fully saturated rings. The maximum atomic E-state index is 13.1. The summed E-state index contributed by atoms with van der Waals surface area (Å²) in [6, 6.07) is 5.86. The molecular formula is C20H20N4O6. The fourth-order valence-electron chi connectivity index (χ4n) is 3.58. The summed E-state index contributed by atoms with van der Waals surface area (Å²) in [5.41, 5.74) is -0.926. The largest absolute Gasteiger partial charge is 0.458 e. The summed E-state index contributed by atoms with van der Waals surface area (Å²) in [7, 11) is 2.78. The Bertz CT molecular complexity index is 1220. The van der Waals surface area contributed by atoms with Crippen LogP contribution in [0.25, 0.3) is 0 Å². The summed E-state index contributed by atoms with van der Waals surface area (Å²) in [6.45, 7) is 5.01. The van der Waals surface area contributed by atoms with Crippen LogP contribution >= 0.6 is 0 Å².